The van der Waals surface area contributed by atoms with Gasteiger partial charge in [-0.05, 0) is 67.3 Å². The van der Waals surface area contributed by atoms with Gasteiger partial charge in [0.05, 0.1) is 6.54 Å². The third-order valence-electron chi connectivity index (χ3n) is 6.93. The van der Waals surface area contributed by atoms with Gasteiger partial charge in [0, 0.05) is 37.2 Å². The third-order valence-corrected chi connectivity index (χ3v) is 7.18. The van der Waals surface area contributed by atoms with Gasteiger partial charge in [0.1, 0.15) is 23.2 Å². The highest BCUT2D eigenvalue weighted by atomic mass is 35.5. The second-order valence-corrected chi connectivity index (χ2v) is 10.3. The number of halogens is 4. The Morgan fingerprint density at radius 2 is 1.84 bits per heavy atom. The summed E-state index contributed by atoms with van der Waals surface area (Å²) in [6.45, 7) is 4.24. The second kappa shape index (κ2) is 10.5. The molecule has 1 saturated carbocycles. The lowest BCUT2D eigenvalue weighted by atomic mass is 10.0. The van der Waals surface area contributed by atoms with Crippen molar-refractivity contribution in [2.45, 2.75) is 38.5 Å². The lowest BCUT2D eigenvalue weighted by Crippen LogP contribution is -2.53. The number of hydrogen-bond donors (Lipinski definition) is 1. The molecule has 3 aliphatic rings. The number of ether oxygens (including phenoxy) is 1. The van der Waals surface area contributed by atoms with Crippen molar-refractivity contribution in [3.05, 3.63) is 70.5 Å². The average Bonchev–Trinajstić information content (AvgIpc) is 3.58. The normalized spacial score (nSPS) is 21.9. The predicted octanol–water partition coefficient (Wildman–Crippen LogP) is 5.58. The summed E-state index contributed by atoms with van der Waals surface area (Å²) in [4.78, 5) is 15.9. The number of benzene rings is 2. The molecule has 1 aliphatic carbocycles. The molecule has 11 heteroatoms. The predicted molar refractivity (Wildman–Crippen MR) is 137 cm³/mol. The smallest absolute Gasteiger partial charge is 0.399 e. The van der Waals surface area contributed by atoms with E-state index in [0.29, 0.717) is 42.8 Å². The van der Waals surface area contributed by atoms with Gasteiger partial charge in [0.15, 0.2) is 5.71 Å². The molecule has 2 heterocycles. The van der Waals surface area contributed by atoms with E-state index in [4.69, 9.17) is 16.3 Å². The highest BCUT2D eigenvalue weighted by Crippen LogP contribution is 2.40. The molecule has 0 bridgehead atoms. The second-order valence-electron chi connectivity index (χ2n) is 9.87. The van der Waals surface area contributed by atoms with E-state index >= 15 is 0 Å². The molecule has 2 aromatic carbocycles. The van der Waals surface area contributed by atoms with Crippen LogP contribution < -0.4 is 4.74 Å². The Balaban J connectivity index is 1.25. The summed E-state index contributed by atoms with van der Waals surface area (Å²) in [5, 5.41) is 15.2. The molecule has 2 aliphatic heterocycles. The van der Waals surface area contributed by atoms with Gasteiger partial charge in [0.2, 0.25) is 0 Å². The van der Waals surface area contributed by atoms with Gasteiger partial charge < -0.3 is 14.7 Å². The van der Waals surface area contributed by atoms with Crippen molar-refractivity contribution in [1.29, 1.82) is 0 Å². The van der Waals surface area contributed by atoms with Gasteiger partial charge in [-0.1, -0.05) is 23.7 Å². The van der Waals surface area contributed by atoms with Crippen LogP contribution in [0.1, 0.15) is 25.3 Å². The van der Waals surface area contributed by atoms with E-state index < -0.39 is 30.3 Å². The fourth-order valence-corrected chi connectivity index (χ4v) is 5.13. The van der Waals surface area contributed by atoms with Crippen LogP contribution in [0.2, 0.25) is 5.02 Å². The maximum atomic E-state index is 13.5. The largest absolute Gasteiger partial charge is 0.477 e. The topological polar surface area (TPSA) is 68.6 Å². The average molecular weight is 549 g/mol. The van der Waals surface area contributed by atoms with E-state index in [2.05, 4.69) is 14.9 Å². The molecule has 1 N–H and O–H groups in total. The number of allylic oxidation sites excluding steroid dienone is 1. The Hall–Kier alpha value is -3.24. The van der Waals surface area contributed by atoms with E-state index in [9.17, 15) is 23.1 Å². The molecule has 2 atom stereocenters. The summed E-state index contributed by atoms with van der Waals surface area (Å²) in [6, 6.07) is 15.0. The van der Waals surface area contributed by atoms with Crippen LogP contribution >= 0.6 is 11.6 Å². The Morgan fingerprint density at radius 3 is 2.45 bits per heavy atom. The van der Waals surface area contributed by atoms with Crippen LogP contribution in [0.15, 0.2) is 65.0 Å². The number of rotatable bonds is 7. The van der Waals surface area contributed by atoms with Crippen molar-refractivity contribution in [2.75, 3.05) is 26.2 Å². The highest BCUT2D eigenvalue weighted by Gasteiger charge is 2.51. The summed E-state index contributed by atoms with van der Waals surface area (Å²) in [6.07, 6.45) is -3.09. The first-order valence-electron chi connectivity index (χ1n) is 12.5. The number of piperazine rings is 1. The van der Waals surface area contributed by atoms with Gasteiger partial charge in [-0.15, -0.1) is 0 Å². The minimum atomic E-state index is -4.67. The van der Waals surface area contributed by atoms with Gasteiger partial charge >= 0.3 is 12.1 Å². The molecule has 2 fully saturated rings. The van der Waals surface area contributed by atoms with Crippen molar-refractivity contribution in [3.8, 4) is 11.5 Å². The van der Waals surface area contributed by atoms with E-state index in [1.54, 1.807) is 12.1 Å². The number of carbonyl (C=O) groups is 1. The quantitative estimate of drug-likeness (QED) is 0.487. The number of aliphatic carboxylic acids is 1. The minimum Gasteiger partial charge on any atom is -0.477 e. The Morgan fingerprint density at radius 1 is 1.11 bits per heavy atom. The number of hydrazone groups is 1. The minimum absolute atomic E-state index is 0.00812. The zero-order valence-electron chi connectivity index (χ0n) is 20.8. The van der Waals surface area contributed by atoms with Crippen LogP contribution in [-0.2, 0) is 11.3 Å². The summed E-state index contributed by atoms with van der Waals surface area (Å²) in [5.41, 5.74) is 1.26. The molecule has 202 valence electrons. The number of carboxylic acids is 1. The lowest BCUT2D eigenvalue weighted by molar-refractivity contribution is -0.158. The fourth-order valence-electron chi connectivity index (χ4n) is 5.00. The first kappa shape index (κ1) is 26.4. The highest BCUT2D eigenvalue weighted by molar-refractivity contribution is 6.37. The molecule has 1 saturated heterocycles. The number of alkyl halides is 3. The molecule has 1 unspecified atom stereocenters. The molecule has 2 aromatic rings. The van der Waals surface area contributed by atoms with E-state index in [1.165, 1.54) is 5.01 Å². The molecule has 38 heavy (non-hydrogen) atoms. The lowest BCUT2D eigenvalue weighted by Gasteiger charge is -2.44. The molecule has 0 radical (unpaired) electrons. The zero-order chi connectivity index (χ0) is 27.0. The molecule has 5 rings (SSSR count). The molecular formula is C27H28ClF3N4O3. The molecule has 0 aromatic heterocycles. The van der Waals surface area contributed by atoms with Crippen molar-refractivity contribution in [1.82, 2.24) is 14.8 Å². The Labute approximate surface area is 223 Å². The van der Waals surface area contributed by atoms with Crippen LogP contribution in [-0.4, -0.2) is 70.0 Å². The molecule has 7 nitrogen and oxygen atoms in total. The standard InChI is InChI=1S/C27H28ClF3N4O3/c1-17-14-33(15-18-3-2-4-22(13-18)38-21-9-7-20(28)8-10-21)11-12-34(17)25(19-5-6-19)35-16-23(27(29,30)31)24(32-35)26(36)37/h2-4,7-10,13,17,23H,5-6,11-12,14-16H2,1H3,(H,36,37)/t17-,23?/m0/s1. The molecular weight excluding hydrogens is 521 g/mol. The van der Waals surface area contributed by atoms with Crippen molar-refractivity contribution in [2.24, 2.45) is 11.0 Å². The summed E-state index contributed by atoms with van der Waals surface area (Å²) in [7, 11) is 0. The first-order chi connectivity index (χ1) is 18.1. The fraction of sp³-hybridized carbons (Fsp3) is 0.407. The van der Waals surface area contributed by atoms with Gasteiger partial charge in [0.25, 0.3) is 0 Å². The van der Waals surface area contributed by atoms with Crippen LogP contribution in [0.25, 0.3) is 0 Å². The first-order valence-corrected chi connectivity index (χ1v) is 12.9. The summed E-state index contributed by atoms with van der Waals surface area (Å²) >= 11 is 5.95. The number of nitrogens with zero attached hydrogens (tertiary/aromatic N) is 4. The third kappa shape index (κ3) is 5.91. The van der Waals surface area contributed by atoms with Crippen LogP contribution in [0, 0.1) is 5.92 Å². The van der Waals surface area contributed by atoms with E-state index in [-0.39, 0.29) is 6.04 Å². The van der Waals surface area contributed by atoms with Gasteiger partial charge in [-0.2, -0.15) is 18.3 Å². The van der Waals surface area contributed by atoms with Crippen molar-refractivity contribution in [3.63, 3.8) is 0 Å². The molecule has 0 amide bonds. The monoisotopic (exact) mass is 548 g/mol. The van der Waals surface area contributed by atoms with Gasteiger partial charge in [-0.25, -0.2) is 9.80 Å². The zero-order valence-corrected chi connectivity index (χ0v) is 21.5. The molecule has 0 spiro atoms. The maximum absolute atomic E-state index is 13.5. The van der Waals surface area contributed by atoms with E-state index in [1.807, 2.05) is 43.3 Å². The maximum Gasteiger partial charge on any atom is 0.399 e. The van der Waals surface area contributed by atoms with Crippen LogP contribution in [0.5, 0.6) is 11.5 Å². The number of hydrogen-bond acceptors (Lipinski definition) is 6. The van der Waals surface area contributed by atoms with Crippen molar-refractivity contribution < 1.29 is 27.8 Å². The SMILES string of the molecule is C[C@H]1CN(Cc2cccc(Oc3ccc(Cl)cc3)c2)CCN1C(=C1CC1)N1CC(C(F)(F)F)C(C(=O)O)=N1. The summed E-state index contributed by atoms with van der Waals surface area (Å²) < 4.78 is 46.6. The van der Waals surface area contributed by atoms with Crippen molar-refractivity contribution >= 4 is 23.3 Å². The summed E-state index contributed by atoms with van der Waals surface area (Å²) in [5.74, 6) is -1.68. The van der Waals surface area contributed by atoms with Crippen LogP contribution in [0.3, 0.4) is 0 Å². The van der Waals surface area contributed by atoms with Crippen LogP contribution in [0.4, 0.5) is 13.2 Å². The Bertz CT molecular complexity index is 1260. The van der Waals surface area contributed by atoms with Gasteiger partial charge in [-0.3, -0.25) is 4.90 Å². The number of carboxylic acid groups (broad SMARTS) is 1. The Kier molecular flexibility index (Phi) is 7.28. The van der Waals surface area contributed by atoms with E-state index in [0.717, 1.165) is 29.7 Å².